The Labute approximate surface area is 181 Å². The second-order valence-corrected chi connectivity index (χ2v) is 7.74. The first kappa shape index (κ1) is 19.2. The van der Waals surface area contributed by atoms with Crippen LogP contribution >= 0.6 is 0 Å². The number of carbonyl (C=O) groups is 1. The van der Waals surface area contributed by atoms with Crippen molar-refractivity contribution < 1.29 is 14.3 Å². The van der Waals surface area contributed by atoms with E-state index in [2.05, 4.69) is 29.6 Å². The van der Waals surface area contributed by atoms with Crippen LogP contribution in [-0.2, 0) is 11.4 Å². The molecule has 1 N–H and O–H groups in total. The van der Waals surface area contributed by atoms with Crippen LogP contribution in [0, 0.1) is 0 Å². The molecule has 1 aliphatic rings. The number of nitrogens with one attached hydrogen (secondary N) is 1. The zero-order chi connectivity index (χ0) is 21.2. The summed E-state index contributed by atoms with van der Waals surface area (Å²) in [6.07, 6.45) is 0.402. The Morgan fingerprint density at radius 2 is 1.71 bits per heavy atom. The highest BCUT2D eigenvalue weighted by molar-refractivity contribution is 6.06. The summed E-state index contributed by atoms with van der Waals surface area (Å²) in [7, 11) is 1.64. The Morgan fingerprint density at radius 1 is 0.903 bits per heavy atom. The summed E-state index contributed by atoms with van der Waals surface area (Å²) in [5.74, 6) is 1.35. The van der Waals surface area contributed by atoms with Gasteiger partial charge < -0.3 is 14.8 Å². The zero-order valence-corrected chi connectivity index (χ0v) is 17.3. The van der Waals surface area contributed by atoms with Crippen molar-refractivity contribution >= 4 is 22.4 Å². The van der Waals surface area contributed by atoms with Crippen molar-refractivity contribution in [3.63, 3.8) is 0 Å². The van der Waals surface area contributed by atoms with Crippen molar-refractivity contribution in [2.24, 2.45) is 0 Å². The largest absolute Gasteiger partial charge is 0.493 e. The molecule has 1 aliphatic heterocycles. The van der Waals surface area contributed by atoms with Crippen molar-refractivity contribution in [3.8, 4) is 11.5 Å². The summed E-state index contributed by atoms with van der Waals surface area (Å²) < 4.78 is 11.6. The Kier molecular flexibility index (Phi) is 5.04. The molecule has 0 fully saturated rings. The molecule has 0 saturated heterocycles. The molecule has 4 nitrogen and oxygen atoms in total. The molecular formula is C27H23NO3. The van der Waals surface area contributed by atoms with E-state index in [-0.39, 0.29) is 11.8 Å². The smallest absolute Gasteiger partial charge is 0.225 e. The van der Waals surface area contributed by atoms with Gasteiger partial charge in [0.25, 0.3) is 0 Å². The predicted molar refractivity (Wildman–Crippen MR) is 123 cm³/mol. The molecule has 0 radical (unpaired) electrons. The molecule has 1 heterocycles. The normalized spacial score (nSPS) is 15.3. The minimum atomic E-state index is -0.0366. The third kappa shape index (κ3) is 3.73. The van der Waals surface area contributed by atoms with Crippen LogP contribution in [-0.4, -0.2) is 13.0 Å². The fourth-order valence-electron chi connectivity index (χ4n) is 4.26. The molecule has 154 valence electrons. The van der Waals surface area contributed by atoms with E-state index in [0.717, 1.165) is 33.2 Å². The minimum Gasteiger partial charge on any atom is -0.493 e. The van der Waals surface area contributed by atoms with Crippen molar-refractivity contribution in [1.82, 2.24) is 0 Å². The fourth-order valence-corrected chi connectivity index (χ4v) is 4.26. The van der Waals surface area contributed by atoms with Gasteiger partial charge in [0.05, 0.1) is 12.8 Å². The van der Waals surface area contributed by atoms with Crippen LogP contribution in [0.2, 0.25) is 0 Å². The number of benzene rings is 4. The quantitative estimate of drug-likeness (QED) is 0.446. The lowest BCUT2D eigenvalue weighted by Crippen LogP contribution is -2.23. The number of carbonyl (C=O) groups excluding carboxylic acids is 1. The van der Waals surface area contributed by atoms with Crippen LogP contribution in [0.4, 0.5) is 5.69 Å². The number of rotatable bonds is 5. The lowest BCUT2D eigenvalue weighted by molar-refractivity contribution is -0.116. The fraction of sp³-hybridized carbons (Fsp3) is 0.148. The standard InChI is InChI=1S/C27H23NO3/c1-30-25-15-20(12-14-24(25)31-17-18-7-3-2-4-8-18)23-16-26(29)28-27-21-10-6-5-9-19(21)11-13-22(23)27/h2-15,23H,16-17H2,1H3,(H,28,29)/t23-/m1/s1. The molecule has 31 heavy (non-hydrogen) atoms. The summed E-state index contributed by atoms with van der Waals surface area (Å²) in [5.41, 5.74) is 4.16. The minimum absolute atomic E-state index is 0.0252. The molecule has 1 atom stereocenters. The summed E-state index contributed by atoms with van der Waals surface area (Å²) in [5, 5.41) is 5.26. The topological polar surface area (TPSA) is 47.6 Å². The highest BCUT2D eigenvalue weighted by Crippen LogP contribution is 2.42. The second-order valence-electron chi connectivity index (χ2n) is 7.74. The first-order valence-electron chi connectivity index (χ1n) is 10.4. The molecular weight excluding hydrogens is 386 g/mol. The van der Waals surface area contributed by atoms with Gasteiger partial charge in [-0.1, -0.05) is 72.8 Å². The third-order valence-electron chi connectivity index (χ3n) is 5.82. The van der Waals surface area contributed by atoms with E-state index < -0.39 is 0 Å². The lowest BCUT2D eigenvalue weighted by Gasteiger charge is -2.27. The lowest BCUT2D eigenvalue weighted by atomic mass is 9.83. The molecule has 4 aromatic carbocycles. The van der Waals surface area contributed by atoms with Crippen molar-refractivity contribution in [2.75, 3.05) is 12.4 Å². The molecule has 0 bridgehead atoms. The summed E-state index contributed by atoms with van der Waals surface area (Å²) >= 11 is 0. The SMILES string of the molecule is COc1cc([C@H]2CC(=O)Nc3c2ccc2ccccc32)ccc1OCc1ccccc1. The molecule has 0 aliphatic carbocycles. The molecule has 0 unspecified atom stereocenters. The van der Waals surface area contributed by atoms with Gasteiger partial charge in [-0.2, -0.15) is 0 Å². The van der Waals surface area contributed by atoms with E-state index in [9.17, 15) is 4.79 Å². The highest BCUT2D eigenvalue weighted by Gasteiger charge is 2.28. The average molecular weight is 409 g/mol. The van der Waals surface area contributed by atoms with E-state index in [1.54, 1.807) is 7.11 Å². The van der Waals surface area contributed by atoms with Crippen LogP contribution in [0.15, 0.2) is 84.9 Å². The summed E-state index contributed by atoms with van der Waals surface area (Å²) in [6, 6.07) is 28.4. The first-order valence-corrected chi connectivity index (χ1v) is 10.4. The van der Waals surface area contributed by atoms with Gasteiger partial charge in [-0.05, 0) is 34.2 Å². The van der Waals surface area contributed by atoms with Crippen LogP contribution in [0.3, 0.4) is 0 Å². The Bertz CT molecular complexity index is 1250. The molecule has 0 spiro atoms. The zero-order valence-electron chi connectivity index (χ0n) is 17.3. The van der Waals surface area contributed by atoms with Gasteiger partial charge in [-0.25, -0.2) is 0 Å². The number of hydrogen-bond acceptors (Lipinski definition) is 3. The maximum Gasteiger partial charge on any atom is 0.225 e. The Morgan fingerprint density at radius 3 is 2.55 bits per heavy atom. The van der Waals surface area contributed by atoms with Crippen molar-refractivity contribution in [1.29, 1.82) is 0 Å². The van der Waals surface area contributed by atoms with Gasteiger partial charge in [0.2, 0.25) is 5.91 Å². The van der Waals surface area contributed by atoms with Crippen LogP contribution in [0.25, 0.3) is 10.8 Å². The number of ether oxygens (including phenoxy) is 2. The highest BCUT2D eigenvalue weighted by atomic mass is 16.5. The Hall–Kier alpha value is -3.79. The van der Waals surface area contributed by atoms with Gasteiger partial charge >= 0.3 is 0 Å². The van der Waals surface area contributed by atoms with Crippen molar-refractivity contribution in [3.05, 3.63) is 102 Å². The predicted octanol–water partition coefficient (Wildman–Crippen LogP) is 5.90. The molecule has 0 aromatic heterocycles. The molecule has 4 heteroatoms. The van der Waals surface area contributed by atoms with E-state index >= 15 is 0 Å². The van der Waals surface area contributed by atoms with E-state index in [1.165, 1.54) is 0 Å². The van der Waals surface area contributed by atoms with Gasteiger partial charge in [0, 0.05) is 17.7 Å². The van der Waals surface area contributed by atoms with Gasteiger partial charge in [0.15, 0.2) is 11.5 Å². The van der Waals surface area contributed by atoms with Crippen LogP contribution in [0.5, 0.6) is 11.5 Å². The average Bonchev–Trinajstić information content (AvgIpc) is 2.82. The molecule has 1 amide bonds. The summed E-state index contributed by atoms with van der Waals surface area (Å²) in [4.78, 5) is 12.6. The van der Waals surface area contributed by atoms with E-state index in [1.807, 2.05) is 60.7 Å². The van der Waals surface area contributed by atoms with Crippen molar-refractivity contribution in [2.45, 2.75) is 18.9 Å². The van der Waals surface area contributed by atoms with Crippen LogP contribution < -0.4 is 14.8 Å². The van der Waals surface area contributed by atoms with E-state index in [4.69, 9.17) is 9.47 Å². The second kappa shape index (κ2) is 8.15. The number of anilines is 1. The number of hydrogen-bond donors (Lipinski definition) is 1. The summed E-state index contributed by atoms with van der Waals surface area (Å²) in [6.45, 7) is 0.469. The van der Waals surface area contributed by atoms with Gasteiger partial charge in [0.1, 0.15) is 6.61 Å². The molecule has 4 aromatic rings. The van der Waals surface area contributed by atoms with Gasteiger partial charge in [-0.15, -0.1) is 0 Å². The maximum absolute atomic E-state index is 12.6. The first-order chi connectivity index (χ1) is 15.2. The third-order valence-corrected chi connectivity index (χ3v) is 5.82. The molecule has 5 rings (SSSR count). The Balaban J connectivity index is 1.49. The maximum atomic E-state index is 12.6. The monoisotopic (exact) mass is 409 g/mol. The van der Waals surface area contributed by atoms with Crippen LogP contribution in [0.1, 0.15) is 29.0 Å². The van der Waals surface area contributed by atoms with E-state index in [0.29, 0.717) is 24.5 Å². The number of fused-ring (bicyclic) bond motifs is 3. The molecule has 0 saturated carbocycles. The van der Waals surface area contributed by atoms with Gasteiger partial charge in [-0.3, -0.25) is 4.79 Å². The number of methoxy groups -OCH3 is 1. The number of amides is 1.